The van der Waals surface area contributed by atoms with Gasteiger partial charge in [0.05, 0.1) is 12.2 Å². The highest BCUT2D eigenvalue weighted by Crippen LogP contribution is 2.23. The first-order valence-corrected chi connectivity index (χ1v) is 9.57. The van der Waals surface area contributed by atoms with Crippen molar-refractivity contribution in [3.8, 4) is 5.75 Å². The molecule has 160 valence electrons. The van der Waals surface area contributed by atoms with Gasteiger partial charge in [-0.15, -0.1) is 0 Å². The number of pyridine rings is 1. The second-order valence-corrected chi connectivity index (χ2v) is 6.82. The third-order valence-electron chi connectivity index (χ3n) is 4.51. The van der Waals surface area contributed by atoms with E-state index in [1.807, 2.05) is 30.3 Å². The van der Waals surface area contributed by atoms with E-state index in [1.165, 1.54) is 18.3 Å². The fourth-order valence-corrected chi connectivity index (χ4v) is 2.82. The molecule has 0 aliphatic rings. The van der Waals surface area contributed by atoms with E-state index >= 15 is 0 Å². The highest BCUT2D eigenvalue weighted by molar-refractivity contribution is 6.06. The third kappa shape index (κ3) is 6.70. The molecule has 1 aromatic heterocycles. The molecule has 0 bridgehead atoms. The standard InChI is InChI=1S/C24H21F3N2O2/c1-17-21(28-14-13-23(17)31-16-24(25,26)27)15-29-20-10-8-19(9-11-20)22(30)12-7-18-5-3-2-4-6-18/h2-14,29H,15-16H2,1H3/b12-7+. The number of hydrogen-bond acceptors (Lipinski definition) is 4. The van der Waals surface area contributed by atoms with Gasteiger partial charge in [0.25, 0.3) is 0 Å². The SMILES string of the molecule is Cc1c(OCC(F)(F)F)ccnc1CNc1ccc(C(=O)/C=C/c2ccccc2)cc1. The van der Waals surface area contributed by atoms with Crippen molar-refractivity contribution in [3.05, 3.63) is 95.3 Å². The highest BCUT2D eigenvalue weighted by atomic mass is 19.4. The summed E-state index contributed by atoms with van der Waals surface area (Å²) in [6.45, 7) is 0.617. The molecule has 3 aromatic rings. The van der Waals surface area contributed by atoms with Crippen molar-refractivity contribution in [1.29, 1.82) is 0 Å². The van der Waals surface area contributed by atoms with Gasteiger partial charge in [0, 0.05) is 23.0 Å². The van der Waals surface area contributed by atoms with Gasteiger partial charge in [-0.05, 0) is 48.9 Å². The van der Waals surface area contributed by atoms with E-state index in [9.17, 15) is 18.0 Å². The maximum atomic E-state index is 12.4. The zero-order chi connectivity index (χ0) is 22.3. The summed E-state index contributed by atoms with van der Waals surface area (Å²) in [6.07, 6.45) is 0.300. The molecule has 0 atom stereocenters. The molecule has 31 heavy (non-hydrogen) atoms. The first kappa shape index (κ1) is 22.1. The number of ketones is 1. The van der Waals surface area contributed by atoms with Crippen LogP contribution in [0, 0.1) is 6.92 Å². The van der Waals surface area contributed by atoms with E-state index in [1.54, 1.807) is 37.3 Å². The molecule has 0 saturated carbocycles. The lowest BCUT2D eigenvalue weighted by Crippen LogP contribution is -2.20. The minimum Gasteiger partial charge on any atom is -0.484 e. The summed E-state index contributed by atoms with van der Waals surface area (Å²) in [4.78, 5) is 16.5. The van der Waals surface area contributed by atoms with Crippen molar-refractivity contribution in [2.24, 2.45) is 0 Å². The Bertz CT molecular complexity index is 1050. The molecular weight excluding hydrogens is 405 g/mol. The second-order valence-electron chi connectivity index (χ2n) is 6.82. The molecular formula is C24H21F3N2O2. The third-order valence-corrected chi connectivity index (χ3v) is 4.51. The van der Waals surface area contributed by atoms with Gasteiger partial charge in [0.1, 0.15) is 5.75 Å². The van der Waals surface area contributed by atoms with Crippen LogP contribution in [0.2, 0.25) is 0 Å². The molecule has 1 heterocycles. The van der Waals surface area contributed by atoms with Crippen LogP contribution in [0.4, 0.5) is 18.9 Å². The average Bonchev–Trinajstić information content (AvgIpc) is 2.76. The van der Waals surface area contributed by atoms with Gasteiger partial charge in [0.2, 0.25) is 0 Å². The Morgan fingerprint density at radius 1 is 1.06 bits per heavy atom. The molecule has 7 heteroatoms. The molecule has 4 nitrogen and oxygen atoms in total. The molecule has 0 aliphatic carbocycles. The number of allylic oxidation sites excluding steroid dienone is 1. The number of alkyl halides is 3. The maximum Gasteiger partial charge on any atom is 0.422 e. The summed E-state index contributed by atoms with van der Waals surface area (Å²) >= 11 is 0. The van der Waals surface area contributed by atoms with Gasteiger partial charge in [0.15, 0.2) is 12.4 Å². The number of halogens is 3. The van der Waals surface area contributed by atoms with E-state index in [-0.39, 0.29) is 11.5 Å². The first-order valence-electron chi connectivity index (χ1n) is 9.57. The molecule has 0 unspecified atom stereocenters. The summed E-state index contributed by atoms with van der Waals surface area (Å²) < 4.78 is 42.0. The number of rotatable bonds is 8. The van der Waals surface area contributed by atoms with E-state index in [4.69, 9.17) is 4.74 Å². The van der Waals surface area contributed by atoms with Crippen LogP contribution in [0.5, 0.6) is 5.75 Å². The number of ether oxygens (including phenoxy) is 1. The molecule has 0 radical (unpaired) electrons. The highest BCUT2D eigenvalue weighted by Gasteiger charge is 2.28. The predicted molar refractivity (Wildman–Crippen MR) is 114 cm³/mol. The Kier molecular flexibility index (Phi) is 7.07. The molecule has 0 fully saturated rings. The molecule has 0 saturated heterocycles. The fraction of sp³-hybridized carbons (Fsp3) is 0.167. The number of anilines is 1. The number of carbonyl (C=O) groups is 1. The van der Waals surface area contributed by atoms with Gasteiger partial charge in [-0.3, -0.25) is 9.78 Å². The molecule has 0 spiro atoms. The van der Waals surface area contributed by atoms with Crippen LogP contribution in [-0.2, 0) is 6.54 Å². The zero-order valence-electron chi connectivity index (χ0n) is 16.8. The summed E-state index contributed by atoms with van der Waals surface area (Å²) in [5.41, 5.74) is 3.36. The largest absolute Gasteiger partial charge is 0.484 e. The van der Waals surface area contributed by atoms with E-state index in [2.05, 4.69) is 10.3 Å². The molecule has 0 amide bonds. The van der Waals surface area contributed by atoms with Crippen LogP contribution >= 0.6 is 0 Å². The lowest BCUT2D eigenvalue weighted by molar-refractivity contribution is -0.153. The van der Waals surface area contributed by atoms with Crippen LogP contribution in [0.3, 0.4) is 0 Å². The molecule has 2 aromatic carbocycles. The lowest BCUT2D eigenvalue weighted by atomic mass is 10.1. The number of hydrogen-bond donors (Lipinski definition) is 1. The van der Waals surface area contributed by atoms with Crippen LogP contribution in [0.25, 0.3) is 6.08 Å². The fourth-order valence-electron chi connectivity index (χ4n) is 2.82. The van der Waals surface area contributed by atoms with Crippen LogP contribution < -0.4 is 10.1 Å². The quantitative estimate of drug-likeness (QED) is 0.363. The van der Waals surface area contributed by atoms with Gasteiger partial charge in [-0.25, -0.2) is 0 Å². The normalized spacial score (nSPS) is 11.5. The number of nitrogens with zero attached hydrogens (tertiary/aromatic N) is 1. The van der Waals surface area contributed by atoms with Crippen molar-refractivity contribution in [2.75, 3.05) is 11.9 Å². The van der Waals surface area contributed by atoms with Gasteiger partial charge in [-0.2, -0.15) is 13.2 Å². The average molecular weight is 426 g/mol. The van der Waals surface area contributed by atoms with Crippen molar-refractivity contribution in [2.45, 2.75) is 19.6 Å². The predicted octanol–water partition coefficient (Wildman–Crippen LogP) is 5.84. The number of aromatic nitrogens is 1. The monoisotopic (exact) mass is 426 g/mol. The smallest absolute Gasteiger partial charge is 0.422 e. The maximum absolute atomic E-state index is 12.4. The Balaban J connectivity index is 1.59. The lowest BCUT2D eigenvalue weighted by Gasteiger charge is -2.14. The van der Waals surface area contributed by atoms with Crippen molar-refractivity contribution in [1.82, 2.24) is 4.98 Å². The van der Waals surface area contributed by atoms with E-state index < -0.39 is 12.8 Å². The molecule has 1 N–H and O–H groups in total. The summed E-state index contributed by atoms with van der Waals surface area (Å²) in [6, 6.07) is 17.9. The van der Waals surface area contributed by atoms with Crippen LogP contribution in [0.15, 0.2) is 72.9 Å². The second kappa shape index (κ2) is 9.93. The minimum absolute atomic E-state index is 0.109. The van der Waals surface area contributed by atoms with Crippen molar-refractivity contribution in [3.63, 3.8) is 0 Å². The van der Waals surface area contributed by atoms with Gasteiger partial charge in [-0.1, -0.05) is 36.4 Å². The molecule has 3 rings (SSSR count). The summed E-state index contributed by atoms with van der Waals surface area (Å²) in [5.74, 6) is 0.0395. The number of carbonyl (C=O) groups excluding carboxylic acids is 1. The van der Waals surface area contributed by atoms with E-state index in [0.29, 0.717) is 23.4 Å². The van der Waals surface area contributed by atoms with Crippen LogP contribution in [-0.4, -0.2) is 23.6 Å². The minimum atomic E-state index is -4.40. The van der Waals surface area contributed by atoms with Crippen molar-refractivity contribution >= 4 is 17.5 Å². The number of nitrogens with one attached hydrogen (secondary N) is 1. The first-order chi connectivity index (χ1) is 14.8. The summed E-state index contributed by atoms with van der Waals surface area (Å²) in [5, 5.41) is 3.16. The van der Waals surface area contributed by atoms with Crippen molar-refractivity contribution < 1.29 is 22.7 Å². The Morgan fingerprint density at radius 3 is 2.45 bits per heavy atom. The zero-order valence-corrected chi connectivity index (χ0v) is 16.8. The van der Waals surface area contributed by atoms with E-state index in [0.717, 1.165) is 11.3 Å². The Hall–Kier alpha value is -3.61. The van der Waals surface area contributed by atoms with Gasteiger partial charge < -0.3 is 10.1 Å². The topological polar surface area (TPSA) is 51.2 Å². The van der Waals surface area contributed by atoms with Gasteiger partial charge >= 0.3 is 6.18 Å². The number of benzene rings is 2. The Labute approximate surface area is 178 Å². The summed E-state index contributed by atoms with van der Waals surface area (Å²) in [7, 11) is 0. The Morgan fingerprint density at radius 2 is 1.77 bits per heavy atom. The molecule has 0 aliphatic heterocycles. The van der Waals surface area contributed by atoms with Crippen LogP contribution in [0.1, 0.15) is 27.2 Å².